The minimum Gasteiger partial charge on any atom is -0.451 e. The Morgan fingerprint density at radius 3 is 2.80 bits per heavy atom. The van der Waals surface area contributed by atoms with Crippen LogP contribution in [0.4, 0.5) is 0 Å². The van der Waals surface area contributed by atoms with Crippen molar-refractivity contribution in [2.24, 2.45) is 5.92 Å². The molecule has 2 aromatic heterocycles. The molecule has 1 aromatic carbocycles. The fourth-order valence-electron chi connectivity index (χ4n) is 2.53. The van der Waals surface area contributed by atoms with Crippen LogP contribution in [0.2, 0.25) is 5.02 Å². The Kier molecular flexibility index (Phi) is 5.91. The summed E-state index contributed by atoms with van der Waals surface area (Å²) in [5.74, 6) is 0.438. The van der Waals surface area contributed by atoms with Crippen molar-refractivity contribution in [3.05, 3.63) is 69.6 Å². The lowest BCUT2D eigenvalue weighted by molar-refractivity contribution is 0.0913. The van der Waals surface area contributed by atoms with E-state index in [0.29, 0.717) is 17.3 Å². The van der Waals surface area contributed by atoms with Crippen LogP contribution in [-0.2, 0) is 6.42 Å². The smallest absolute Gasteiger partial charge is 0.287 e. The maximum atomic E-state index is 12.3. The van der Waals surface area contributed by atoms with Crippen molar-refractivity contribution in [1.29, 1.82) is 0 Å². The van der Waals surface area contributed by atoms with Gasteiger partial charge in [0.25, 0.3) is 5.91 Å². The van der Waals surface area contributed by atoms with E-state index in [1.807, 2.05) is 35.0 Å². The van der Waals surface area contributed by atoms with Crippen LogP contribution in [0.15, 0.2) is 57.6 Å². The average Bonchev–Trinajstić information content (AvgIpc) is 3.30. The molecule has 2 N–H and O–H groups in total. The highest BCUT2D eigenvalue weighted by Crippen LogP contribution is 2.29. The summed E-state index contributed by atoms with van der Waals surface area (Å²) in [6, 6.07) is 12.7. The first-order valence-corrected chi connectivity index (χ1v) is 9.24. The first-order valence-electron chi connectivity index (χ1n) is 7.92. The molecular formula is C19H18ClNO3S. The van der Waals surface area contributed by atoms with Crippen LogP contribution in [0.1, 0.15) is 16.1 Å². The van der Waals surface area contributed by atoms with E-state index in [-0.39, 0.29) is 24.2 Å². The maximum absolute atomic E-state index is 12.3. The number of carbonyl (C=O) groups excluding carboxylic acids is 1. The number of amides is 1. The van der Waals surface area contributed by atoms with E-state index in [4.69, 9.17) is 16.0 Å². The molecule has 0 aliphatic heterocycles. The minimum atomic E-state index is -0.304. The summed E-state index contributed by atoms with van der Waals surface area (Å²) in [7, 11) is 0. The van der Waals surface area contributed by atoms with Crippen molar-refractivity contribution in [1.82, 2.24) is 5.32 Å². The number of thiophene rings is 1. The highest BCUT2D eigenvalue weighted by atomic mass is 35.5. The van der Waals surface area contributed by atoms with Gasteiger partial charge in [0.05, 0.1) is 5.02 Å². The molecule has 3 aromatic rings. The fourth-order valence-corrected chi connectivity index (χ4v) is 3.44. The van der Waals surface area contributed by atoms with Crippen LogP contribution in [0, 0.1) is 5.92 Å². The molecule has 25 heavy (non-hydrogen) atoms. The lowest BCUT2D eigenvalue weighted by atomic mass is 10.0. The fraction of sp³-hybridized carbons (Fsp3) is 0.211. The summed E-state index contributed by atoms with van der Waals surface area (Å²) in [5.41, 5.74) is 1.91. The van der Waals surface area contributed by atoms with Crippen LogP contribution < -0.4 is 5.32 Å². The van der Waals surface area contributed by atoms with Gasteiger partial charge in [0.2, 0.25) is 0 Å². The summed E-state index contributed by atoms with van der Waals surface area (Å²) in [6.45, 7) is 0.395. The van der Waals surface area contributed by atoms with Gasteiger partial charge in [0.15, 0.2) is 5.76 Å². The zero-order valence-corrected chi connectivity index (χ0v) is 15.0. The molecule has 0 fully saturated rings. The van der Waals surface area contributed by atoms with Gasteiger partial charge in [0.1, 0.15) is 5.76 Å². The normalized spacial score (nSPS) is 12.1. The van der Waals surface area contributed by atoms with Gasteiger partial charge >= 0.3 is 0 Å². The predicted octanol–water partition coefficient (Wildman–Crippen LogP) is 4.24. The van der Waals surface area contributed by atoms with Crippen molar-refractivity contribution < 1.29 is 14.3 Å². The van der Waals surface area contributed by atoms with Crippen molar-refractivity contribution in [3.63, 3.8) is 0 Å². The van der Waals surface area contributed by atoms with Crippen molar-refractivity contribution in [3.8, 4) is 11.3 Å². The van der Waals surface area contributed by atoms with E-state index in [1.54, 1.807) is 29.5 Å². The second-order valence-corrected chi connectivity index (χ2v) is 6.93. The topological polar surface area (TPSA) is 62.5 Å². The van der Waals surface area contributed by atoms with E-state index in [1.165, 1.54) is 0 Å². The first kappa shape index (κ1) is 17.7. The second-order valence-electron chi connectivity index (χ2n) is 5.74. The SMILES string of the molecule is O=C(NC[C@H](CO)Cc1ccsc1)c1ccc(-c2ccccc2Cl)o1. The van der Waals surface area contributed by atoms with E-state index in [0.717, 1.165) is 17.5 Å². The molecule has 0 saturated carbocycles. The van der Waals surface area contributed by atoms with E-state index < -0.39 is 0 Å². The van der Waals surface area contributed by atoms with Gasteiger partial charge in [-0.1, -0.05) is 23.7 Å². The number of aliphatic hydroxyl groups excluding tert-OH is 1. The number of carbonyl (C=O) groups is 1. The maximum Gasteiger partial charge on any atom is 0.287 e. The summed E-state index contributed by atoms with van der Waals surface area (Å²) >= 11 is 7.77. The van der Waals surface area contributed by atoms with Gasteiger partial charge < -0.3 is 14.8 Å². The Morgan fingerprint density at radius 2 is 2.08 bits per heavy atom. The highest BCUT2D eigenvalue weighted by Gasteiger charge is 2.16. The predicted molar refractivity (Wildman–Crippen MR) is 100 cm³/mol. The van der Waals surface area contributed by atoms with Crippen LogP contribution in [0.5, 0.6) is 0 Å². The zero-order valence-electron chi connectivity index (χ0n) is 13.4. The summed E-state index contributed by atoms with van der Waals surface area (Å²) < 4.78 is 5.63. The number of furan rings is 1. The molecule has 2 heterocycles. The summed E-state index contributed by atoms with van der Waals surface area (Å²) in [6.07, 6.45) is 0.726. The van der Waals surface area contributed by atoms with Gasteiger partial charge in [0, 0.05) is 24.6 Å². The Morgan fingerprint density at radius 1 is 1.24 bits per heavy atom. The molecule has 3 rings (SSSR count). The van der Waals surface area contributed by atoms with Gasteiger partial charge in [-0.05, 0) is 53.1 Å². The number of aliphatic hydroxyl groups is 1. The lowest BCUT2D eigenvalue weighted by Crippen LogP contribution is -2.31. The van der Waals surface area contributed by atoms with Crippen LogP contribution in [0.3, 0.4) is 0 Å². The number of hydrogen-bond acceptors (Lipinski definition) is 4. The summed E-state index contributed by atoms with van der Waals surface area (Å²) in [4.78, 5) is 12.3. The standard InChI is InChI=1S/C19H18ClNO3S/c20-16-4-2-1-3-15(16)17-5-6-18(24-17)19(23)21-10-14(11-22)9-13-7-8-25-12-13/h1-8,12,14,22H,9-11H2,(H,21,23)/t14-/m1/s1. The minimum absolute atomic E-state index is 0.0131. The molecule has 0 bridgehead atoms. The number of rotatable bonds is 7. The Hall–Kier alpha value is -2.08. The Labute approximate surface area is 155 Å². The van der Waals surface area contributed by atoms with Gasteiger partial charge in [-0.25, -0.2) is 0 Å². The number of hydrogen-bond donors (Lipinski definition) is 2. The molecule has 0 unspecified atom stereocenters. The third-order valence-corrected chi connectivity index (χ3v) is 4.94. The van der Waals surface area contributed by atoms with Gasteiger partial charge in [-0.3, -0.25) is 4.79 Å². The molecule has 0 aliphatic rings. The van der Waals surface area contributed by atoms with Crippen molar-refractivity contribution in [2.75, 3.05) is 13.2 Å². The van der Waals surface area contributed by atoms with Gasteiger partial charge in [-0.15, -0.1) is 0 Å². The van der Waals surface area contributed by atoms with Gasteiger partial charge in [-0.2, -0.15) is 11.3 Å². The highest BCUT2D eigenvalue weighted by molar-refractivity contribution is 7.07. The molecular weight excluding hydrogens is 358 g/mol. The Balaban J connectivity index is 1.61. The van der Waals surface area contributed by atoms with Crippen LogP contribution in [-0.4, -0.2) is 24.2 Å². The third-order valence-electron chi connectivity index (χ3n) is 3.88. The molecule has 1 amide bonds. The second kappa shape index (κ2) is 8.34. The number of benzene rings is 1. The van der Waals surface area contributed by atoms with Crippen LogP contribution in [0.25, 0.3) is 11.3 Å². The lowest BCUT2D eigenvalue weighted by Gasteiger charge is -2.13. The van der Waals surface area contributed by atoms with E-state index in [2.05, 4.69) is 5.32 Å². The van der Waals surface area contributed by atoms with Crippen molar-refractivity contribution in [2.45, 2.75) is 6.42 Å². The van der Waals surface area contributed by atoms with E-state index >= 15 is 0 Å². The van der Waals surface area contributed by atoms with Crippen LogP contribution >= 0.6 is 22.9 Å². The van der Waals surface area contributed by atoms with E-state index in [9.17, 15) is 9.90 Å². The molecule has 6 heteroatoms. The third kappa shape index (κ3) is 4.51. The Bertz CT molecular complexity index is 829. The zero-order chi connectivity index (χ0) is 17.6. The molecule has 4 nitrogen and oxygen atoms in total. The molecule has 1 atom stereocenters. The number of halogens is 1. The monoisotopic (exact) mass is 375 g/mol. The molecule has 130 valence electrons. The number of nitrogens with one attached hydrogen (secondary N) is 1. The molecule has 0 radical (unpaired) electrons. The average molecular weight is 376 g/mol. The summed E-state index contributed by atoms with van der Waals surface area (Å²) in [5, 5.41) is 16.9. The molecule has 0 aliphatic carbocycles. The largest absolute Gasteiger partial charge is 0.451 e. The molecule has 0 spiro atoms. The van der Waals surface area contributed by atoms with Crippen molar-refractivity contribution >= 4 is 28.8 Å². The first-order chi connectivity index (χ1) is 12.2. The quantitative estimate of drug-likeness (QED) is 0.649. The molecule has 0 saturated heterocycles.